The van der Waals surface area contributed by atoms with E-state index < -0.39 is 23.6 Å². The molecule has 3 rings (SSSR count). The Hall–Kier alpha value is -2.50. The zero-order chi connectivity index (χ0) is 15.7. The maximum atomic E-state index is 13.7. The molecule has 6 heteroatoms. The third-order valence-corrected chi connectivity index (χ3v) is 4.03. The van der Waals surface area contributed by atoms with Gasteiger partial charge in [-0.2, -0.15) is 0 Å². The van der Waals surface area contributed by atoms with Gasteiger partial charge in [0, 0.05) is 17.6 Å². The van der Waals surface area contributed by atoms with Crippen LogP contribution in [-0.2, 0) is 4.79 Å². The molecular formula is C16H15FN2O3. The Bertz CT molecular complexity index is 747. The van der Waals surface area contributed by atoms with Crippen LogP contribution in [0.2, 0.25) is 0 Å². The van der Waals surface area contributed by atoms with Crippen LogP contribution in [0.1, 0.15) is 29.6 Å². The number of nitrogens with one attached hydrogen (secondary N) is 1. The molecule has 0 radical (unpaired) electrons. The molecule has 1 aliphatic rings. The van der Waals surface area contributed by atoms with Gasteiger partial charge in [0.25, 0.3) is 5.91 Å². The molecule has 0 saturated heterocycles. The number of carbonyl (C=O) groups excluding carboxylic acids is 1. The average molecular weight is 302 g/mol. The van der Waals surface area contributed by atoms with Crippen LogP contribution in [0.15, 0.2) is 30.5 Å². The van der Waals surface area contributed by atoms with Gasteiger partial charge >= 0.3 is 5.97 Å². The molecule has 0 bridgehead atoms. The second kappa shape index (κ2) is 5.71. The first-order valence-corrected chi connectivity index (χ1v) is 7.12. The number of hydrogen-bond acceptors (Lipinski definition) is 3. The number of pyridine rings is 1. The van der Waals surface area contributed by atoms with Crippen LogP contribution in [0.3, 0.4) is 0 Å². The number of aliphatic carboxylic acids is 1. The number of halogens is 1. The molecule has 1 fully saturated rings. The highest BCUT2D eigenvalue weighted by atomic mass is 19.1. The number of nitrogens with zero attached hydrogens (tertiary/aromatic N) is 1. The molecule has 1 aliphatic carbocycles. The summed E-state index contributed by atoms with van der Waals surface area (Å²) in [5.41, 5.74) is 0.614. The van der Waals surface area contributed by atoms with Gasteiger partial charge in [-0.05, 0) is 37.5 Å². The number of rotatable bonds is 3. The van der Waals surface area contributed by atoms with Crippen LogP contribution in [0.4, 0.5) is 4.39 Å². The van der Waals surface area contributed by atoms with Crippen molar-refractivity contribution in [2.45, 2.75) is 25.3 Å². The van der Waals surface area contributed by atoms with Crippen LogP contribution in [0.25, 0.3) is 10.9 Å². The average Bonchev–Trinajstić information content (AvgIpc) is 2.95. The van der Waals surface area contributed by atoms with Gasteiger partial charge in [-0.1, -0.05) is 6.07 Å². The lowest BCUT2D eigenvalue weighted by Crippen LogP contribution is -2.33. The van der Waals surface area contributed by atoms with E-state index in [0.29, 0.717) is 30.2 Å². The lowest BCUT2D eigenvalue weighted by atomic mass is 10.1. The lowest BCUT2D eigenvalue weighted by Gasteiger charge is -2.13. The van der Waals surface area contributed by atoms with Crippen LogP contribution in [0, 0.1) is 11.7 Å². The minimum atomic E-state index is -0.838. The molecule has 1 saturated carbocycles. The third kappa shape index (κ3) is 2.77. The first kappa shape index (κ1) is 14.4. The Kier molecular flexibility index (Phi) is 3.75. The van der Waals surface area contributed by atoms with Gasteiger partial charge in [0.2, 0.25) is 0 Å². The summed E-state index contributed by atoms with van der Waals surface area (Å²) in [5.74, 6) is -2.18. The summed E-state index contributed by atoms with van der Waals surface area (Å²) in [7, 11) is 0. The van der Waals surface area contributed by atoms with Crippen molar-refractivity contribution in [2.24, 2.45) is 5.92 Å². The molecule has 0 unspecified atom stereocenters. The molecule has 1 amide bonds. The van der Waals surface area contributed by atoms with Gasteiger partial charge in [0.05, 0.1) is 17.0 Å². The Morgan fingerprint density at radius 2 is 2.14 bits per heavy atom. The van der Waals surface area contributed by atoms with Gasteiger partial charge in [-0.3, -0.25) is 14.6 Å². The van der Waals surface area contributed by atoms with Crippen molar-refractivity contribution in [1.29, 1.82) is 0 Å². The summed E-state index contributed by atoms with van der Waals surface area (Å²) in [5, 5.41) is 12.3. The minimum Gasteiger partial charge on any atom is -0.481 e. The van der Waals surface area contributed by atoms with Crippen LogP contribution in [0.5, 0.6) is 0 Å². The minimum absolute atomic E-state index is 0.175. The summed E-state index contributed by atoms with van der Waals surface area (Å²) in [6.07, 6.45) is 3.11. The fraction of sp³-hybridized carbons (Fsp3) is 0.312. The molecule has 2 aromatic rings. The van der Waals surface area contributed by atoms with Gasteiger partial charge in [-0.15, -0.1) is 0 Å². The van der Waals surface area contributed by atoms with Crippen LogP contribution < -0.4 is 5.32 Å². The van der Waals surface area contributed by atoms with Gasteiger partial charge in [0.1, 0.15) is 5.82 Å². The Morgan fingerprint density at radius 3 is 2.86 bits per heavy atom. The molecule has 22 heavy (non-hydrogen) atoms. The van der Waals surface area contributed by atoms with E-state index >= 15 is 0 Å². The number of aromatic nitrogens is 1. The summed E-state index contributed by atoms with van der Waals surface area (Å²) in [6.45, 7) is 0. The van der Waals surface area contributed by atoms with E-state index in [2.05, 4.69) is 10.3 Å². The number of fused-ring (bicyclic) bond motifs is 1. The molecule has 0 spiro atoms. The Balaban J connectivity index is 1.83. The molecule has 2 atom stereocenters. The van der Waals surface area contributed by atoms with Crippen LogP contribution >= 0.6 is 0 Å². The molecule has 2 N–H and O–H groups in total. The summed E-state index contributed by atoms with van der Waals surface area (Å²) >= 11 is 0. The Labute approximate surface area is 126 Å². The number of carboxylic acids is 1. The van der Waals surface area contributed by atoms with Crippen molar-refractivity contribution in [2.75, 3.05) is 0 Å². The normalized spacial score (nSPS) is 21.0. The van der Waals surface area contributed by atoms with Crippen molar-refractivity contribution in [3.63, 3.8) is 0 Å². The third-order valence-electron chi connectivity index (χ3n) is 4.03. The highest BCUT2D eigenvalue weighted by molar-refractivity contribution is 6.05. The summed E-state index contributed by atoms with van der Waals surface area (Å²) < 4.78 is 13.7. The molecular weight excluding hydrogens is 287 g/mol. The van der Waals surface area contributed by atoms with Gasteiger partial charge in [0.15, 0.2) is 0 Å². The zero-order valence-corrected chi connectivity index (χ0v) is 11.8. The van der Waals surface area contributed by atoms with E-state index in [9.17, 15) is 14.0 Å². The van der Waals surface area contributed by atoms with Crippen molar-refractivity contribution in [1.82, 2.24) is 10.3 Å². The highest BCUT2D eigenvalue weighted by Crippen LogP contribution is 2.26. The van der Waals surface area contributed by atoms with E-state index in [4.69, 9.17) is 5.11 Å². The summed E-state index contributed by atoms with van der Waals surface area (Å²) in [6, 6.07) is 5.66. The molecule has 1 aromatic heterocycles. The fourth-order valence-corrected chi connectivity index (χ4v) is 2.93. The monoisotopic (exact) mass is 302 g/mol. The van der Waals surface area contributed by atoms with Crippen LogP contribution in [-0.4, -0.2) is 28.0 Å². The molecule has 114 valence electrons. The van der Waals surface area contributed by atoms with Crippen molar-refractivity contribution >= 4 is 22.8 Å². The van der Waals surface area contributed by atoms with Crippen molar-refractivity contribution in [3.8, 4) is 0 Å². The maximum Gasteiger partial charge on any atom is 0.306 e. The van der Waals surface area contributed by atoms with E-state index in [0.717, 1.165) is 6.07 Å². The standard InChI is InChI=1S/C16H15FN2O3/c17-11-6-9-2-1-5-18-14(9)13(8-11)15(20)19-12-4-3-10(7-12)16(21)22/h1-2,5-6,8,10,12H,3-4,7H2,(H,19,20)(H,21,22)/t10-,12+/m0/s1. The SMILES string of the molecule is O=C(N[C@@H]1CC[C@H](C(=O)O)C1)c1cc(F)cc2cccnc12. The first-order chi connectivity index (χ1) is 10.5. The molecule has 5 nitrogen and oxygen atoms in total. The summed E-state index contributed by atoms with van der Waals surface area (Å²) in [4.78, 5) is 27.5. The number of benzene rings is 1. The number of hydrogen-bond donors (Lipinski definition) is 2. The van der Waals surface area contributed by atoms with E-state index in [-0.39, 0.29) is 11.6 Å². The number of carbonyl (C=O) groups is 2. The topological polar surface area (TPSA) is 79.3 Å². The molecule has 1 aromatic carbocycles. The Morgan fingerprint density at radius 1 is 1.32 bits per heavy atom. The number of amides is 1. The molecule has 0 aliphatic heterocycles. The second-order valence-corrected chi connectivity index (χ2v) is 5.55. The highest BCUT2D eigenvalue weighted by Gasteiger charge is 2.31. The van der Waals surface area contributed by atoms with E-state index in [1.807, 2.05) is 0 Å². The molecule has 1 heterocycles. The quantitative estimate of drug-likeness (QED) is 0.912. The maximum absolute atomic E-state index is 13.7. The smallest absolute Gasteiger partial charge is 0.306 e. The van der Waals surface area contributed by atoms with E-state index in [1.165, 1.54) is 6.07 Å². The largest absolute Gasteiger partial charge is 0.481 e. The predicted octanol–water partition coefficient (Wildman–Crippen LogP) is 2.36. The van der Waals surface area contributed by atoms with Gasteiger partial charge in [-0.25, -0.2) is 4.39 Å². The van der Waals surface area contributed by atoms with Gasteiger partial charge < -0.3 is 10.4 Å². The van der Waals surface area contributed by atoms with E-state index in [1.54, 1.807) is 18.3 Å². The lowest BCUT2D eigenvalue weighted by molar-refractivity contribution is -0.141. The second-order valence-electron chi connectivity index (χ2n) is 5.55. The van der Waals surface area contributed by atoms with Crippen molar-refractivity contribution in [3.05, 3.63) is 41.8 Å². The predicted molar refractivity (Wildman–Crippen MR) is 77.9 cm³/mol. The zero-order valence-electron chi connectivity index (χ0n) is 11.8. The first-order valence-electron chi connectivity index (χ1n) is 7.12. The van der Waals surface area contributed by atoms with Crippen molar-refractivity contribution < 1.29 is 19.1 Å². The fourth-order valence-electron chi connectivity index (χ4n) is 2.93. The number of carboxylic acid groups (broad SMARTS) is 1.